The van der Waals surface area contributed by atoms with E-state index < -0.39 is 52.5 Å². The first-order valence-corrected chi connectivity index (χ1v) is 17.5. The molecular formula is C25H47N3O11P2. The molecule has 16 heteroatoms. The summed E-state index contributed by atoms with van der Waals surface area (Å²) in [5.41, 5.74) is 4.58. The van der Waals surface area contributed by atoms with Gasteiger partial charge in [-0.05, 0) is 12.5 Å². The zero-order chi connectivity index (χ0) is 30.3. The number of aliphatic hydroxyl groups is 2. The van der Waals surface area contributed by atoms with Crippen LogP contribution in [0.3, 0.4) is 0 Å². The molecule has 2 rings (SSSR count). The van der Waals surface area contributed by atoms with Crippen LogP contribution in [-0.2, 0) is 27.2 Å². The number of nitrogens with zero attached hydrogens (tertiary/aromatic N) is 2. The third-order valence-electron chi connectivity index (χ3n) is 6.82. The molecule has 238 valence electrons. The highest BCUT2D eigenvalue weighted by Crippen LogP contribution is 2.60. The Morgan fingerprint density at radius 2 is 1.39 bits per heavy atom. The Labute approximate surface area is 241 Å². The zero-order valence-corrected chi connectivity index (χ0v) is 25.6. The van der Waals surface area contributed by atoms with Crippen molar-refractivity contribution in [1.82, 2.24) is 9.55 Å². The van der Waals surface area contributed by atoms with E-state index in [4.69, 9.17) is 15.0 Å². The quantitative estimate of drug-likeness (QED) is 0.0903. The van der Waals surface area contributed by atoms with Crippen LogP contribution in [0.2, 0.25) is 0 Å². The molecule has 0 aliphatic carbocycles. The highest BCUT2D eigenvalue weighted by molar-refractivity contribution is 7.61. The van der Waals surface area contributed by atoms with E-state index in [1.807, 2.05) is 0 Å². The number of nitrogens with two attached hydrogens (primary N) is 1. The Morgan fingerprint density at radius 3 is 1.93 bits per heavy atom. The van der Waals surface area contributed by atoms with Crippen LogP contribution in [0.1, 0.15) is 103 Å². The predicted octanol–water partition coefficient (Wildman–Crippen LogP) is 4.18. The summed E-state index contributed by atoms with van der Waals surface area (Å²) in [6, 6.07) is 1.28. The number of phosphoric acid groups is 2. The summed E-state index contributed by atoms with van der Waals surface area (Å²) >= 11 is 0. The van der Waals surface area contributed by atoms with Crippen molar-refractivity contribution in [3.8, 4) is 0 Å². The first-order valence-electron chi connectivity index (χ1n) is 14.5. The van der Waals surface area contributed by atoms with Crippen molar-refractivity contribution in [3.05, 3.63) is 22.7 Å². The van der Waals surface area contributed by atoms with Crippen LogP contribution < -0.4 is 11.4 Å². The summed E-state index contributed by atoms with van der Waals surface area (Å²) in [5.74, 6) is -0.0578. The predicted molar refractivity (Wildman–Crippen MR) is 152 cm³/mol. The number of aromatic nitrogens is 2. The van der Waals surface area contributed by atoms with Crippen molar-refractivity contribution < 1.29 is 47.2 Å². The van der Waals surface area contributed by atoms with Gasteiger partial charge in [-0.2, -0.15) is 9.29 Å². The SMILES string of the molecule is CCCCCCCCCCCCCCCCOP(=O)(O)OP(=O)(O)OC[C@H]1OC(n2ccc(N)nc2=O)[C@@H](O)[C@@H]1O. The third-order valence-corrected chi connectivity index (χ3v) is 9.46. The summed E-state index contributed by atoms with van der Waals surface area (Å²) in [6.07, 6.45) is 11.3. The molecule has 6 atom stereocenters. The fourth-order valence-corrected chi connectivity index (χ4v) is 6.65. The second kappa shape index (κ2) is 18.5. The van der Waals surface area contributed by atoms with Crippen LogP contribution in [0.25, 0.3) is 0 Å². The Balaban J connectivity index is 1.59. The van der Waals surface area contributed by atoms with Gasteiger partial charge in [0, 0.05) is 6.20 Å². The molecule has 2 heterocycles. The van der Waals surface area contributed by atoms with E-state index in [1.54, 1.807) is 0 Å². The largest absolute Gasteiger partial charge is 0.481 e. The van der Waals surface area contributed by atoms with E-state index >= 15 is 0 Å². The molecule has 0 bridgehead atoms. The van der Waals surface area contributed by atoms with E-state index in [0.29, 0.717) is 6.42 Å². The maximum absolute atomic E-state index is 12.2. The summed E-state index contributed by atoms with van der Waals surface area (Å²) in [5, 5.41) is 20.4. The number of unbranched alkanes of at least 4 members (excludes halogenated alkanes) is 13. The van der Waals surface area contributed by atoms with Gasteiger partial charge in [-0.1, -0.05) is 90.4 Å². The van der Waals surface area contributed by atoms with Gasteiger partial charge in [0.15, 0.2) is 6.23 Å². The lowest BCUT2D eigenvalue weighted by molar-refractivity contribution is -0.0542. The standard InChI is InChI=1S/C25H47N3O11P2/c1-2-3-4-5-6-7-8-9-10-11-12-13-14-15-18-36-40(32,33)39-41(34,35)37-19-20-22(29)23(30)24(38-20)28-17-16-21(26)27-25(28)31/h16-17,20,22-24,29-30H,2-15,18-19H2,1H3,(H,32,33)(H,34,35)(H2,26,27,31)/t20-,22-,23+,24?/m1/s1. The fourth-order valence-electron chi connectivity index (χ4n) is 4.54. The third kappa shape index (κ3) is 13.8. The summed E-state index contributed by atoms with van der Waals surface area (Å²) in [6.45, 7) is 1.27. The number of rotatable bonds is 22. The number of hydrogen-bond donors (Lipinski definition) is 5. The molecule has 3 unspecified atom stereocenters. The number of aliphatic hydroxyl groups excluding tert-OH is 2. The molecule has 0 amide bonds. The lowest BCUT2D eigenvalue weighted by Crippen LogP contribution is -2.36. The average molecular weight is 628 g/mol. The van der Waals surface area contributed by atoms with Crippen molar-refractivity contribution in [2.45, 2.75) is 121 Å². The summed E-state index contributed by atoms with van der Waals surface area (Å²) < 4.78 is 44.3. The van der Waals surface area contributed by atoms with Crippen molar-refractivity contribution in [1.29, 1.82) is 0 Å². The lowest BCUT2D eigenvalue weighted by atomic mass is 10.0. The van der Waals surface area contributed by atoms with Crippen molar-refractivity contribution in [2.24, 2.45) is 0 Å². The van der Waals surface area contributed by atoms with Crippen molar-refractivity contribution in [3.63, 3.8) is 0 Å². The van der Waals surface area contributed by atoms with E-state index in [9.17, 15) is 33.9 Å². The second-order valence-electron chi connectivity index (χ2n) is 10.3. The van der Waals surface area contributed by atoms with E-state index in [-0.39, 0.29) is 12.4 Å². The van der Waals surface area contributed by atoms with Crippen molar-refractivity contribution in [2.75, 3.05) is 18.9 Å². The average Bonchev–Trinajstić information content (AvgIpc) is 3.17. The smallest absolute Gasteiger partial charge is 0.387 e. The minimum Gasteiger partial charge on any atom is -0.387 e. The molecule has 0 spiro atoms. The van der Waals surface area contributed by atoms with Crippen LogP contribution in [-0.4, -0.2) is 61.1 Å². The molecule has 0 aromatic carbocycles. The molecular weight excluding hydrogens is 580 g/mol. The summed E-state index contributed by atoms with van der Waals surface area (Å²) in [7, 11) is -10.0. The van der Waals surface area contributed by atoms with Gasteiger partial charge in [0.25, 0.3) is 0 Å². The molecule has 1 saturated heterocycles. The minimum atomic E-state index is -5.12. The van der Waals surface area contributed by atoms with Crippen LogP contribution in [0.15, 0.2) is 17.1 Å². The highest BCUT2D eigenvalue weighted by atomic mass is 31.3. The van der Waals surface area contributed by atoms with Gasteiger partial charge in [0.05, 0.1) is 13.2 Å². The number of ether oxygens (including phenoxy) is 1. The molecule has 0 saturated carbocycles. The van der Waals surface area contributed by atoms with Crippen LogP contribution in [0.5, 0.6) is 0 Å². The molecule has 1 aromatic heterocycles. The van der Waals surface area contributed by atoms with Crippen LogP contribution in [0, 0.1) is 0 Å². The Morgan fingerprint density at radius 1 is 0.878 bits per heavy atom. The number of anilines is 1. The van der Waals surface area contributed by atoms with Gasteiger partial charge in [0.1, 0.15) is 24.1 Å². The van der Waals surface area contributed by atoms with Gasteiger partial charge in [-0.3, -0.25) is 13.6 Å². The zero-order valence-electron chi connectivity index (χ0n) is 23.8. The normalized spacial score (nSPS) is 23.8. The van der Waals surface area contributed by atoms with E-state index in [0.717, 1.165) is 30.3 Å². The second-order valence-corrected chi connectivity index (χ2v) is 13.4. The fraction of sp³-hybridized carbons (Fsp3) is 0.840. The van der Waals surface area contributed by atoms with E-state index in [1.165, 1.54) is 70.1 Å². The number of hydrogen-bond acceptors (Lipinski definition) is 11. The van der Waals surface area contributed by atoms with Crippen molar-refractivity contribution >= 4 is 21.5 Å². The van der Waals surface area contributed by atoms with Gasteiger partial charge >= 0.3 is 21.3 Å². The monoisotopic (exact) mass is 627 g/mol. The highest BCUT2D eigenvalue weighted by Gasteiger charge is 2.46. The number of phosphoric ester groups is 2. The first-order chi connectivity index (χ1) is 19.5. The Kier molecular flexibility index (Phi) is 16.2. The van der Waals surface area contributed by atoms with Gasteiger partial charge in [0.2, 0.25) is 0 Å². The van der Waals surface area contributed by atoms with Crippen LogP contribution in [0.4, 0.5) is 5.82 Å². The molecule has 14 nitrogen and oxygen atoms in total. The van der Waals surface area contributed by atoms with Gasteiger partial charge in [-0.25, -0.2) is 13.9 Å². The molecule has 1 aliphatic heterocycles. The molecule has 1 fully saturated rings. The minimum absolute atomic E-state index is 0.0578. The Bertz CT molecular complexity index is 1040. The molecule has 6 N–H and O–H groups in total. The topological polar surface area (TPSA) is 213 Å². The summed E-state index contributed by atoms with van der Waals surface area (Å²) in [4.78, 5) is 35.2. The van der Waals surface area contributed by atoms with Gasteiger partial charge in [-0.15, -0.1) is 0 Å². The maximum Gasteiger partial charge on any atom is 0.481 e. The Hall–Kier alpha value is -1.18. The van der Waals surface area contributed by atoms with E-state index in [2.05, 4.69) is 20.7 Å². The lowest BCUT2D eigenvalue weighted by Gasteiger charge is -2.19. The molecule has 1 aliphatic rings. The first kappa shape index (κ1) is 36.0. The number of nitrogen functional groups attached to an aromatic ring is 1. The molecule has 0 radical (unpaired) electrons. The molecule has 1 aromatic rings. The van der Waals surface area contributed by atoms with Gasteiger partial charge < -0.3 is 30.5 Å². The van der Waals surface area contributed by atoms with Crippen LogP contribution >= 0.6 is 15.6 Å². The molecule has 41 heavy (non-hydrogen) atoms. The maximum atomic E-state index is 12.2.